The first-order chi connectivity index (χ1) is 12.0. The van der Waals surface area contributed by atoms with Gasteiger partial charge in [0.15, 0.2) is 0 Å². The van der Waals surface area contributed by atoms with E-state index in [1.54, 1.807) is 4.68 Å². The maximum absolute atomic E-state index is 12.5. The number of nitrogens with one attached hydrogen (secondary N) is 1. The predicted octanol–water partition coefficient (Wildman–Crippen LogP) is 3.64. The number of nitrogens with zero attached hydrogens (tertiary/aromatic N) is 3. The summed E-state index contributed by atoms with van der Waals surface area (Å²) in [7, 11) is 0. The number of rotatable bonds is 6. The Bertz CT molecular complexity index is 765. The second kappa shape index (κ2) is 7.40. The molecule has 1 aliphatic rings. The molecule has 0 unspecified atom stereocenters. The van der Waals surface area contributed by atoms with Crippen molar-refractivity contribution < 1.29 is 4.79 Å². The highest BCUT2D eigenvalue weighted by atomic mass is 16.2. The quantitative estimate of drug-likeness (QED) is 0.873. The maximum atomic E-state index is 12.5. The van der Waals surface area contributed by atoms with Gasteiger partial charge in [-0.3, -0.25) is 14.4 Å². The molecule has 0 spiro atoms. The van der Waals surface area contributed by atoms with Crippen molar-refractivity contribution in [1.29, 1.82) is 0 Å². The number of carbonyl (C=O) groups excluding carboxylic acids is 1. The van der Waals surface area contributed by atoms with Crippen LogP contribution in [0.1, 0.15) is 49.2 Å². The molecular weight excluding hydrogens is 312 g/mol. The summed E-state index contributed by atoms with van der Waals surface area (Å²) in [5.74, 6) is -0.0281. The van der Waals surface area contributed by atoms with E-state index in [9.17, 15) is 4.79 Å². The van der Waals surface area contributed by atoms with E-state index in [1.165, 1.54) is 24.0 Å². The summed E-state index contributed by atoms with van der Waals surface area (Å²) < 4.78 is 1.75. The predicted molar refractivity (Wildman–Crippen MR) is 100 cm³/mol. The minimum absolute atomic E-state index is 0.0281. The van der Waals surface area contributed by atoms with Gasteiger partial charge in [-0.25, -0.2) is 0 Å². The summed E-state index contributed by atoms with van der Waals surface area (Å²) in [6.45, 7) is 10.6. The van der Waals surface area contributed by atoms with Gasteiger partial charge in [0.2, 0.25) is 5.91 Å². The van der Waals surface area contributed by atoms with Gasteiger partial charge in [-0.2, -0.15) is 5.10 Å². The van der Waals surface area contributed by atoms with E-state index in [0.717, 1.165) is 30.2 Å². The van der Waals surface area contributed by atoms with Gasteiger partial charge in [0.25, 0.3) is 0 Å². The van der Waals surface area contributed by atoms with Gasteiger partial charge in [0.1, 0.15) is 6.54 Å². The number of carbonyl (C=O) groups is 1. The first kappa shape index (κ1) is 17.7. The summed E-state index contributed by atoms with van der Waals surface area (Å²) in [6.07, 6.45) is 2.40. The third-order valence-electron chi connectivity index (χ3n) is 5.01. The second-order valence-electron chi connectivity index (χ2n) is 7.12. The van der Waals surface area contributed by atoms with Crippen molar-refractivity contribution in [2.75, 3.05) is 5.32 Å². The van der Waals surface area contributed by atoms with Crippen molar-refractivity contribution in [3.63, 3.8) is 0 Å². The molecule has 1 amide bonds. The minimum Gasteiger partial charge on any atom is -0.324 e. The van der Waals surface area contributed by atoms with Crippen LogP contribution in [0.15, 0.2) is 24.3 Å². The molecule has 1 atom stereocenters. The number of anilines is 1. The molecule has 1 aromatic heterocycles. The fourth-order valence-corrected chi connectivity index (χ4v) is 3.64. The van der Waals surface area contributed by atoms with Crippen LogP contribution < -0.4 is 5.32 Å². The Morgan fingerprint density at radius 3 is 2.80 bits per heavy atom. The van der Waals surface area contributed by atoms with Crippen LogP contribution in [0.5, 0.6) is 0 Å². The number of hydrogen-bond acceptors (Lipinski definition) is 3. The van der Waals surface area contributed by atoms with E-state index < -0.39 is 0 Å². The zero-order valence-electron chi connectivity index (χ0n) is 15.7. The minimum atomic E-state index is -0.0281. The van der Waals surface area contributed by atoms with Crippen LogP contribution in [0.2, 0.25) is 0 Å². The lowest BCUT2D eigenvalue weighted by Gasteiger charge is -2.23. The Morgan fingerprint density at radius 2 is 2.12 bits per heavy atom. The van der Waals surface area contributed by atoms with Crippen LogP contribution in [0.3, 0.4) is 0 Å². The zero-order valence-corrected chi connectivity index (χ0v) is 15.7. The van der Waals surface area contributed by atoms with Crippen molar-refractivity contribution >= 4 is 11.6 Å². The average molecular weight is 340 g/mol. The molecule has 134 valence electrons. The lowest BCUT2D eigenvalue weighted by atomic mass is 10.1. The molecule has 2 aromatic rings. The fraction of sp³-hybridized carbons (Fsp3) is 0.500. The van der Waals surface area contributed by atoms with Crippen LogP contribution in [-0.2, 0) is 24.4 Å². The van der Waals surface area contributed by atoms with Crippen molar-refractivity contribution in [3.8, 4) is 0 Å². The van der Waals surface area contributed by atoms with Gasteiger partial charge in [0.05, 0.1) is 5.69 Å². The number of aromatic nitrogens is 2. The summed E-state index contributed by atoms with van der Waals surface area (Å²) in [4.78, 5) is 15.0. The molecule has 1 aliphatic heterocycles. The Hall–Kier alpha value is -2.14. The SMILES string of the molecule is CCC[C@H](C)N1Cc2cccc(NC(=O)Cn3nc(C)cc3C)c2C1. The molecule has 0 aliphatic carbocycles. The molecule has 0 saturated heterocycles. The van der Waals surface area contributed by atoms with E-state index in [4.69, 9.17) is 0 Å². The number of amides is 1. The molecule has 3 rings (SSSR count). The highest BCUT2D eigenvalue weighted by molar-refractivity contribution is 5.91. The first-order valence-corrected chi connectivity index (χ1v) is 9.13. The molecule has 1 aromatic carbocycles. The number of benzene rings is 1. The van der Waals surface area contributed by atoms with Crippen LogP contribution >= 0.6 is 0 Å². The van der Waals surface area contributed by atoms with Crippen molar-refractivity contribution in [2.45, 2.75) is 66.2 Å². The lowest BCUT2D eigenvalue weighted by Crippen LogP contribution is -2.27. The first-order valence-electron chi connectivity index (χ1n) is 9.13. The Morgan fingerprint density at radius 1 is 1.32 bits per heavy atom. The molecule has 2 heterocycles. The van der Waals surface area contributed by atoms with E-state index in [1.807, 2.05) is 32.0 Å². The third kappa shape index (κ3) is 3.93. The Kier molecular flexibility index (Phi) is 5.23. The van der Waals surface area contributed by atoms with Crippen LogP contribution in [0.25, 0.3) is 0 Å². The van der Waals surface area contributed by atoms with Crippen LogP contribution in [0.4, 0.5) is 5.69 Å². The van der Waals surface area contributed by atoms with Crippen molar-refractivity contribution in [2.24, 2.45) is 0 Å². The van der Waals surface area contributed by atoms with Crippen LogP contribution in [-0.4, -0.2) is 26.6 Å². The largest absolute Gasteiger partial charge is 0.324 e. The fourth-order valence-electron chi connectivity index (χ4n) is 3.64. The van der Waals surface area contributed by atoms with Gasteiger partial charge in [-0.05, 0) is 50.5 Å². The zero-order chi connectivity index (χ0) is 18.0. The second-order valence-corrected chi connectivity index (χ2v) is 7.12. The number of fused-ring (bicyclic) bond motifs is 1. The topological polar surface area (TPSA) is 50.2 Å². The van der Waals surface area contributed by atoms with E-state index in [0.29, 0.717) is 6.04 Å². The van der Waals surface area contributed by atoms with E-state index in [2.05, 4.69) is 35.2 Å². The average Bonchev–Trinajstić information content (AvgIpc) is 3.12. The Balaban J connectivity index is 1.70. The van der Waals surface area contributed by atoms with Gasteiger partial charge >= 0.3 is 0 Å². The summed E-state index contributed by atoms with van der Waals surface area (Å²) in [6, 6.07) is 8.76. The van der Waals surface area contributed by atoms with E-state index in [-0.39, 0.29) is 12.5 Å². The van der Waals surface area contributed by atoms with Crippen LogP contribution in [0, 0.1) is 13.8 Å². The maximum Gasteiger partial charge on any atom is 0.246 e. The molecule has 0 fully saturated rings. The lowest BCUT2D eigenvalue weighted by molar-refractivity contribution is -0.116. The normalized spacial score (nSPS) is 15.2. The molecule has 25 heavy (non-hydrogen) atoms. The molecule has 5 heteroatoms. The van der Waals surface area contributed by atoms with Gasteiger partial charge < -0.3 is 5.32 Å². The van der Waals surface area contributed by atoms with Gasteiger partial charge in [0, 0.05) is 30.5 Å². The summed E-state index contributed by atoms with van der Waals surface area (Å²) in [5, 5.41) is 7.46. The van der Waals surface area contributed by atoms with Gasteiger partial charge in [-0.1, -0.05) is 25.5 Å². The number of hydrogen-bond donors (Lipinski definition) is 1. The summed E-state index contributed by atoms with van der Waals surface area (Å²) >= 11 is 0. The van der Waals surface area contributed by atoms with Crippen molar-refractivity contribution in [3.05, 3.63) is 46.8 Å². The molecule has 1 N–H and O–H groups in total. The standard InChI is InChI=1S/C20H28N4O/c1-5-7-15(3)23-11-17-8-6-9-19(18(17)12-23)21-20(25)13-24-16(4)10-14(2)22-24/h6,8-10,15H,5,7,11-13H2,1-4H3,(H,21,25)/t15-/m0/s1. The molecule has 0 saturated carbocycles. The molecule has 5 nitrogen and oxygen atoms in total. The van der Waals surface area contributed by atoms with Gasteiger partial charge in [-0.15, -0.1) is 0 Å². The molecule has 0 radical (unpaired) electrons. The number of aryl methyl sites for hydroxylation is 2. The molecular formula is C20H28N4O. The third-order valence-corrected chi connectivity index (χ3v) is 5.01. The molecule has 0 bridgehead atoms. The Labute approximate surface area is 150 Å². The van der Waals surface area contributed by atoms with E-state index >= 15 is 0 Å². The highest BCUT2D eigenvalue weighted by Crippen LogP contribution is 2.31. The highest BCUT2D eigenvalue weighted by Gasteiger charge is 2.25. The monoisotopic (exact) mass is 340 g/mol. The van der Waals surface area contributed by atoms with Crippen molar-refractivity contribution in [1.82, 2.24) is 14.7 Å². The summed E-state index contributed by atoms with van der Waals surface area (Å²) in [5.41, 5.74) is 5.46. The smallest absolute Gasteiger partial charge is 0.246 e.